The van der Waals surface area contributed by atoms with Crippen LogP contribution in [0.4, 0.5) is 0 Å². The van der Waals surface area contributed by atoms with E-state index in [0.717, 1.165) is 12.5 Å². The molecular formula is C15H30OSi. The van der Waals surface area contributed by atoms with Crippen molar-refractivity contribution in [2.24, 2.45) is 5.92 Å². The largest absolute Gasteiger partial charge is 0.379 e. The highest BCUT2D eigenvalue weighted by molar-refractivity contribution is 6.14. The summed E-state index contributed by atoms with van der Waals surface area (Å²) in [6.45, 7) is 1.04. The lowest BCUT2D eigenvalue weighted by atomic mass is 9.84. The van der Waals surface area contributed by atoms with Crippen LogP contribution < -0.4 is 0 Å². The van der Waals surface area contributed by atoms with Gasteiger partial charge in [0.25, 0.3) is 0 Å². The molecule has 1 aliphatic carbocycles. The van der Waals surface area contributed by atoms with Gasteiger partial charge in [-0.3, -0.25) is 0 Å². The summed E-state index contributed by atoms with van der Waals surface area (Å²) in [5.41, 5.74) is 0. The second-order valence-electron chi connectivity index (χ2n) is 6.37. The lowest BCUT2D eigenvalue weighted by Gasteiger charge is -2.41. The molecular weight excluding hydrogens is 224 g/mol. The SMILES string of the molecule is [SiH3]C1(C2CCCCCCCCC2)CCCCO1. The Bertz CT molecular complexity index is 201. The monoisotopic (exact) mass is 254 g/mol. The molecule has 1 unspecified atom stereocenters. The van der Waals surface area contributed by atoms with E-state index in [1.165, 1.54) is 87.3 Å². The normalized spacial score (nSPS) is 34.6. The number of ether oxygens (including phenoxy) is 1. The molecule has 1 saturated heterocycles. The molecule has 0 aromatic carbocycles. The lowest BCUT2D eigenvalue weighted by molar-refractivity contribution is -0.0612. The van der Waals surface area contributed by atoms with Crippen molar-refractivity contribution in [3.63, 3.8) is 0 Å². The van der Waals surface area contributed by atoms with Crippen LogP contribution in [-0.4, -0.2) is 22.1 Å². The average molecular weight is 254 g/mol. The van der Waals surface area contributed by atoms with Gasteiger partial charge in [0, 0.05) is 16.8 Å². The second kappa shape index (κ2) is 6.94. The molecule has 0 amide bonds. The fourth-order valence-electron chi connectivity index (χ4n) is 3.70. The van der Waals surface area contributed by atoms with E-state index < -0.39 is 0 Å². The fourth-order valence-corrected chi connectivity index (χ4v) is 4.83. The van der Waals surface area contributed by atoms with Crippen molar-refractivity contribution in [3.8, 4) is 0 Å². The maximum atomic E-state index is 6.24. The van der Waals surface area contributed by atoms with Gasteiger partial charge in [-0.05, 0) is 38.0 Å². The van der Waals surface area contributed by atoms with Crippen LogP contribution in [0.1, 0.15) is 77.0 Å². The van der Waals surface area contributed by atoms with Gasteiger partial charge in [0.15, 0.2) is 0 Å². The summed E-state index contributed by atoms with van der Waals surface area (Å²) in [5.74, 6) is 0.896. The van der Waals surface area contributed by atoms with E-state index in [4.69, 9.17) is 4.74 Å². The van der Waals surface area contributed by atoms with Crippen molar-refractivity contribution < 1.29 is 4.74 Å². The van der Waals surface area contributed by atoms with E-state index in [2.05, 4.69) is 0 Å². The molecule has 1 atom stereocenters. The zero-order valence-electron chi connectivity index (χ0n) is 11.7. The molecule has 2 heteroatoms. The van der Waals surface area contributed by atoms with Crippen LogP contribution in [-0.2, 0) is 4.74 Å². The van der Waals surface area contributed by atoms with E-state index in [-0.39, 0.29) is 0 Å². The Morgan fingerprint density at radius 2 is 1.35 bits per heavy atom. The maximum Gasteiger partial charge on any atom is 0.0513 e. The molecule has 0 bridgehead atoms. The van der Waals surface area contributed by atoms with Crippen LogP contribution >= 0.6 is 0 Å². The Labute approximate surface area is 110 Å². The summed E-state index contributed by atoms with van der Waals surface area (Å²) in [6, 6.07) is 0. The maximum absolute atomic E-state index is 6.24. The summed E-state index contributed by atoms with van der Waals surface area (Å²) in [6.07, 6.45) is 17.3. The summed E-state index contributed by atoms with van der Waals surface area (Å²) >= 11 is 0. The van der Waals surface area contributed by atoms with E-state index >= 15 is 0 Å². The first-order valence-electron chi connectivity index (χ1n) is 7.95. The number of rotatable bonds is 1. The molecule has 1 heterocycles. The molecule has 0 N–H and O–H groups in total. The van der Waals surface area contributed by atoms with Gasteiger partial charge in [0.1, 0.15) is 0 Å². The Kier molecular flexibility index (Phi) is 5.55. The summed E-state index contributed by atoms with van der Waals surface area (Å²) < 4.78 is 6.24. The Balaban J connectivity index is 1.89. The first kappa shape index (κ1) is 13.6. The zero-order chi connectivity index (χ0) is 12.0. The van der Waals surface area contributed by atoms with Gasteiger partial charge < -0.3 is 4.74 Å². The van der Waals surface area contributed by atoms with Crippen LogP contribution in [0.25, 0.3) is 0 Å². The van der Waals surface area contributed by atoms with Gasteiger partial charge in [-0.1, -0.05) is 44.9 Å². The van der Waals surface area contributed by atoms with E-state index in [1.807, 2.05) is 0 Å². The topological polar surface area (TPSA) is 9.23 Å². The summed E-state index contributed by atoms with van der Waals surface area (Å²) in [7, 11) is 1.24. The molecule has 0 aromatic rings. The minimum atomic E-state index is 0.359. The van der Waals surface area contributed by atoms with Crippen LogP contribution in [0, 0.1) is 5.92 Å². The molecule has 0 radical (unpaired) electrons. The summed E-state index contributed by atoms with van der Waals surface area (Å²) in [5, 5.41) is 0.359. The lowest BCUT2D eigenvalue weighted by Crippen LogP contribution is -2.44. The molecule has 2 aliphatic rings. The van der Waals surface area contributed by atoms with Crippen molar-refractivity contribution in [1.29, 1.82) is 0 Å². The minimum Gasteiger partial charge on any atom is -0.379 e. The van der Waals surface area contributed by atoms with Crippen molar-refractivity contribution in [3.05, 3.63) is 0 Å². The molecule has 100 valence electrons. The third-order valence-corrected chi connectivity index (χ3v) is 6.57. The van der Waals surface area contributed by atoms with Crippen LogP contribution in [0.15, 0.2) is 0 Å². The van der Waals surface area contributed by atoms with Crippen molar-refractivity contribution in [1.82, 2.24) is 0 Å². The minimum absolute atomic E-state index is 0.359. The third-order valence-electron chi connectivity index (χ3n) is 4.97. The van der Waals surface area contributed by atoms with Gasteiger partial charge in [0.2, 0.25) is 0 Å². The van der Waals surface area contributed by atoms with Crippen LogP contribution in [0.3, 0.4) is 0 Å². The second-order valence-corrected chi connectivity index (χ2v) is 8.06. The van der Waals surface area contributed by atoms with Crippen molar-refractivity contribution >= 4 is 10.2 Å². The number of hydrogen-bond acceptors (Lipinski definition) is 1. The van der Waals surface area contributed by atoms with Gasteiger partial charge in [-0.15, -0.1) is 0 Å². The fraction of sp³-hybridized carbons (Fsp3) is 1.00. The Hall–Kier alpha value is 0.177. The quantitative estimate of drug-likeness (QED) is 0.652. The first-order valence-corrected chi connectivity index (χ1v) is 8.95. The zero-order valence-corrected chi connectivity index (χ0v) is 13.7. The first-order chi connectivity index (χ1) is 8.31. The molecule has 2 fully saturated rings. The standard InChI is InChI=1S/C15H30OSi/c17-15(12-8-9-13-16-15)14-10-6-4-2-1-3-5-7-11-14/h14H,1-13H2,17H3. The molecule has 2 rings (SSSR count). The number of hydrogen-bond donors (Lipinski definition) is 0. The van der Waals surface area contributed by atoms with E-state index in [1.54, 1.807) is 0 Å². The third kappa shape index (κ3) is 4.10. The highest BCUT2D eigenvalue weighted by Crippen LogP contribution is 2.36. The van der Waals surface area contributed by atoms with Gasteiger partial charge in [0.05, 0.1) is 5.22 Å². The molecule has 0 spiro atoms. The highest BCUT2D eigenvalue weighted by atomic mass is 28.1. The molecule has 0 aromatic heterocycles. The summed E-state index contributed by atoms with van der Waals surface area (Å²) in [4.78, 5) is 0. The molecule has 17 heavy (non-hydrogen) atoms. The van der Waals surface area contributed by atoms with Gasteiger partial charge >= 0.3 is 0 Å². The van der Waals surface area contributed by atoms with Crippen molar-refractivity contribution in [2.75, 3.05) is 6.61 Å². The van der Waals surface area contributed by atoms with Crippen LogP contribution in [0.2, 0.25) is 0 Å². The van der Waals surface area contributed by atoms with Crippen molar-refractivity contribution in [2.45, 2.75) is 82.3 Å². The molecule has 1 saturated carbocycles. The molecule has 1 nitrogen and oxygen atoms in total. The van der Waals surface area contributed by atoms with Crippen LogP contribution in [0.5, 0.6) is 0 Å². The highest BCUT2D eigenvalue weighted by Gasteiger charge is 2.35. The average Bonchev–Trinajstić information content (AvgIpc) is 2.36. The van der Waals surface area contributed by atoms with Gasteiger partial charge in [-0.2, -0.15) is 0 Å². The Morgan fingerprint density at radius 1 is 0.765 bits per heavy atom. The van der Waals surface area contributed by atoms with E-state index in [9.17, 15) is 0 Å². The van der Waals surface area contributed by atoms with E-state index in [0.29, 0.717) is 5.22 Å². The van der Waals surface area contributed by atoms with Gasteiger partial charge in [-0.25, -0.2) is 0 Å². The predicted octanol–water partition coefficient (Wildman–Crippen LogP) is 3.39. The Morgan fingerprint density at radius 3 is 1.88 bits per heavy atom. The smallest absolute Gasteiger partial charge is 0.0513 e. The predicted molar refractivity (Wildman–Crippen MR) is 77.5 cm³/mol. The molecule has 1 aliphatic heterocycles.